The summed E-state index contributed by atoms with van der Waals surface area (Å²) in [7, 11) is 0. The van der Waals surface area contributed by atoms with Crippen molar-refractivity contribution in [2.24, 2.45) is 0 Å². The van der Waals surface area contributed by atoms with Gasteiger partial charge < -0.3 is 9.84 Å². The molecule has 2 aromatic rings. The number of benzene rings is 2. The molecule has 2 rings (SSSR count). The van der Waals surface area contributed by atoms with E-state index in [2.05, 4.69) is 87.7 Å². The standard InChI is InChI=1S/C20H21I3O3/c1-5-11(2)12-6-7-17(24)14(8-12)19(25)26-20(3,4)15-9-13(21)10-16(22)18(15)23/h6-11,24H,5H2,1-4H3. The highest BCUT2D eigenvalue weighted by Gasteiger charge is 2.30. The predicted molar refractivity (Wildman–Crippen MR) is 130 cm³/mol. The second-order valence-corrected chi connectivity index (χ2v) is 10.2. The quantitative estimate of drug-likeness (QED) is 0.213. The van der Waals surface area contributed by atoms with Gasteiger partial charge in [-0.3, -0.25) is 0 Å². The molecule has 1 N–H and O–H groups in total. The van der Waals surface area contributed by atoms with E-state index in [-0.39, 0.29) is 11.3 Å². The van der Waals surface area contributed by atoms with Crippen molar-refractivity contribution in [3.63, 3.8) is 0 Å². The molecule has 6 heteroatoms. The fourth-order valence-electron chi connectivity index (χ4n) is 2.60. The van der Waals surface area contributed by atoms with E-state index >= 15 is 0 Å². The Morgan fingerprint density at radius 1 is 1.19 bits per heavy atom. The number of ether oxygens (including phenoxy) is 1. The first-order valence-electron chi connectivity index (χ1n) is 8.28. The SMILES string of the molecule is CCC(C)c1ccc(O)c(C(=O)OC(C)(C)c2cc(I)cc(I)c2I)c1. The molecule has 1 atom stereocenters. The van der Waals surface area contributed by atoms with Gasteiger partial charge in [0.1, 0.15) is 16.9 Å². The van der Waals surface area contributed by atoms with Gasteiger partial charge in [-0.25, -0.2) is 4.79 Å². The Kier molecular flexibility index (Phi) is 7.63. The van der Waals surface area contributed by atoms with Crippen LogP contribution in [0.3, 0.4) is 0 Å². The summed E-state index contributed by atoms with van der Waals surface area (Å²) >= 11 is 6.84. The van der Waals surface area contributed by atoms with Crippen molar-refractivity contribution in [2.75, 3.05) is 0 Å². The van der Waals surface area contributed by atoms with Gasteiger partial charge >= 0.3 is 5.97 Å². The van der Waals surface area contributed by atoms with E-state index in [0.717, 1.165) is 28.3 Å². The van der Waals surface area contributed by atoms with Gasteiger partial charge in [-0.15, -0.1) is 0 Å². The largest absolute Gasteiger partial charge is 0.507 e. The minimum atomic E-state index is -0.812. The van der Waals surface area contributed by atoms with Crippen LogP contribution >= 0.6 is 67.8 Å². The lowest BCUT2D eigenvalue weighted by atomic mass is 9.96. The molecular formula is C20H21I3O3. The number of aromatic hydroxyl groups is 1. The van der Waals surface area contributed by atoms with E-state index in [1.807, 2.05) is 26.0 Å². The third-order valence-corrected chi connectivity index (χ3v) is 8.08. The highest BCUT2D eigenvalue weighted by molar-refractivity contribution is 14.1. The van der Waals surface area contributed by atoms with E-state index in [0.29, 0.717) is 5.92 Å². The van der Waals surface area contributed by atoms with Gasteiger partial charge in [-0.2, -0.15) is 0 Å². The molecule has 26 heavy (non-hydrogen) atoms. The lowest BCUT2D eigenvalue weighted by Gasteiger charge is -2.28. The van der Waals surface area contributed by atoms with Crippen LogP contribution < -0.4 is 0 Å². The number of hydrogen-bond donors (Lipinski definition) is 1. The van der Waals surface area contributed by atoms with E-state index < -0.39 is 11.6 Å². The molecule has 0 aliphatic heterocycles. The summed E-state index contributed by atoms with van der Waals surface area (Å²) in [6.07, 6.45) is 0.962. The van der Waals surface area contributed by atoms with Gasteiger partial charge in [0.25, 0.3) is 0 Å². The molecule has 0 amide bonds. The Bertz CT molecular complexity index is 831. The number of esters is 1. The number of carbonyl (C=O) groups is 1. The fraction of sp³-hybridized carbons (Fsp3) is 0.350. The summed E-state index contributed by atoms with van der Waals surface area (Å²) < 4.78 is 9.12. The molecule has 0 aromatic heterocycles. The number of phenolic OH excluding ortho intramolecular Hbond substituents is 1. The summed E-state index contributed by atoms with van der Waals surface area (Å²) in [6, 6.07) is 9.30. The zero-order chi connectivity index (χ0) is 19.6. The minimum Gasteiger partial charge on any atom is -0.507 e. The number of halogens is 3. The van der Waals surface area contributed by atoms with Crippen LogP contribution in [-0.4, -0.2) is 11.1 Å². The van der Waals surface area contributed by atoms with Gasteiger partial charge in [-0.05, 0) is 124 Å². The maximum Gasteiger partial charge on any atom is 0.342 e. The summed E-state index contributed by atoms with van der Waals surface area (Å²) in [5.74, 6) is -0.250. The van der Waals surface area contributed by atoms with Crippen LogP contribution in [0.15, 0.2) is 30.3 Å². The molecule has 0 aliphatic carbocycles. The highest BCUT2D eigenvalue weighted by atomic mass is 127. The van der Waals surface area contributed by atoms with E-state index in [9.17, 15) is 9.90 Å². The van der Waals surface area contributed by atoms with Crippen molar-refractivity contribution in [1.82, 2.24) is 0 Å². The van der Waals surface area contributed by atoms with Crippen LogP contribution in [0, 0.1) is 10.7 Å². The third-order valence-electron chi connectivity index (χ3n) is 4.41. The van der Waals surface area contributed by atoms with E-state index in [4.69, 9.17) is 4.74 Å². The normalized spacial score (nSPS) is 12.7. The van der Waals surface area contributed by atoms with Crippen molar-refractivity contribution in [2.45, 2.75) is 45.6 Å². The van der Waals surface area contributed by atoms with Crippen LogP contribution in [-0.2, 0) is 10.3 Å². The number of phenols is 1. The molecule has 0 radical (unpaired) electrons. The molecule has 140 valence electrons. The molecular weight excluding hydrogens is 669 g/mol. The van der Waals surface area contributed by atoms with Crippen molar-refractivity contribution >= 4 is 73.7 Å². The molecule has 0 saturated carbocycles. The first-order chi connectivity index (χ1) is 12.1. The third kappa shape index (κ3) is 5.03. The summed E-state index contributed by atoms with van der Waals surface area (Å²) in [5.41, 5.74) is 1.38. The Balaban J connectivity index is 2.37. The first kappa shape index (κ1) is 22.2. The molecule has 0 aliphatic rings. The maximum absolute atomic E-state index is 12.8. The lowest BCUT2D eigenvalue weighted by Crippen LogP contribution is -2.27. The molecule has 3 nitrogen and oxygen atoms in total. The highest BCUT2D eigenvalue weighted by Crippen LogP contribution is 2.35. The van der Waals surface area contributed by atoms with Crippen molar-refractivity contribution < 1.29 is 14.6 Å². The van der Waals surface area contributed by atoms with Gasteiger partial charge in [0.15, 0.2) is 0 Å². The number of hydrogen-bond acceptors (Lipinski definition) is 3. The van der Waals surface area contributed by atoms with Crippen molar-refractivity contribution in [3.8, 4) is 5.75 Å². The van der Waals surface area contributed by atoms with Crippen LogP contribution in [0.25, 0.3) is 0 Å². The van der Waals surface area contributed by atoms with Gasteiger partial charge in [0.05, 0.1) is 0 Å². The second-order valence-electron chi connectivity index (χ2n) is 6.73. The smallest absolute Gasteiger partial charge is 0.342 e. The topological polar surface area (TPSA) is 46.5 Å². The molecule has 0 fully saturated rings. The van der Waals surface area contributed by atoms with Crippen molar-refractivity contribution in [3.05, 3.63) is 57.7 Å². The monoisotopic (exact) mass is 690 g/mol. The number of rotatable bonds is 5. The summed E-state index contributed by atoms with van der Waals surface area (Å²) in [4.78, 5) is 12.8. The lowest BCUT2D eigenvalue weighted by molar-refractivity contribution is -0.00380. The molecule has 0 bridgehead atoms. The zero-order valence-electron chi connectivity index (χ0n) is 15.1. The average molecular weight is 690 g/mol. The molecule has 1 unspecified atom stereocenters. The first-order valence-corrected chi connectivity index (χ1v) is 11.5. The van der Waals surface area contributed by atoms with Gasteiger partial charge in [0.2, 0.25) is 0 Å². The van der Waals surface area contributed by atoms with Crippen LogP contribution in [0.4, 0.5) is 0 Å². The van der Waals surface area contributed by atoms with Crippen LogP contribution in [0.1, 0.15) is 61.5 Å². The Morgan fingerprint density at radius 2 is 1.85 bits per heavy atom. The summed E-state index contributed by atoms with van der Waals surface area (Å²) in [6.45, 7) is 7.95. The Hall–Kier alpha value is -0.1000. The predicted octanol–water partition coefficient (Wildman–Crippen LogP) is 6.81. The average Bonchev–Trinajstić information content (AvgIpc) is 2.57. The maximum atomic E-state index is 12.8. The Morgan fingerprint density at radius 3 is 2.46 bits per heavy atom. The van der Waals surface area contributed by atoms with Gasteiger partial charge in [0, 0.05) is 16.3 Å². The molecule has 2 aromatic carbocycles. The summed E-state index contributed by atoms with van der Waals surface area (Å²) in [5, 5.41) is 10.2. The Labute approximate surface area is 195 Å². The molecule has 0 heterocycles. The minimum absolute atomic E-state index is 0.0511. The number of carbonyl (C=O) groups excluding carboxylic acids is 1. The van der Waals surface area contributed by atoms with Crippen LogP contribution in [0.5, 0.6) is 5.75 Å². The van der Waals surface area contributed by atoms with Crippen molar-refractivity contribution in [1.29, 1.82) is 0 Å². The molecule has 0 saturated heterocycles. The van der Waals surface area contributed by atoms with E-state index in [1.54, 1.807) is 12.1 Å². The van der Waals surface area contributed by atoms with Crippen LogP contribution in [0.2, 0.25) is 0 Å². The second kappa shape index (κ2) is 8.93. The molecule has 0 spiro atoms. The fourth-order valence-corrected chi connectivity index (χ4v) is 5.40. The zero-order valence-corrected chi connectivity index (χ0v) is 21.5. The van der Waals surface area contributed by atoms with E-state index in [1.165, 1.54) is 0 Å². The van der Waals surface area contributed by atoms with Gasteiger partial charge in [-0.1, -0.05) is 19.9 Å².